The molecule has 2 heterocycles. The summed E-state index contributed by atoms with van der Waals surface area (Å²) in [5.74, 6) is 1.70. The predicted octanol–water partition coefficient (Wildman–Crippen LogP) is 5.22. The van der Waals surface area contributed by atoms with Crippen molar-refractivity contribution in [3.63, 3.8) is 0 Å². The molecule has 1 unspecified atom stereocenters. The van der Waals surface area contributed by atoms with Gasteiger partial charge in [0.15, 0.2) is 5.11 Å². The number of allylic oxidation sites excluding steroid dienone is 1. The second-order valence-electron chi connectivity index (χ2n) is 8.37. The first-order valence-corrected chi connectivity index (χ1v) is 11.8. The minimum absolute atomic E-state index is 0.199. The van der Waals surface area contributed by atoms with Crippen molar-refractivity contribution in [3.05, 3.63) is 71.7 Å². The van der Waals surface area contributed by atoms with E-state index in [1.807, 2.05) is 56.3 Å². The lowest BCUT2D eigenvalue weighted by Crippen LogP contribution is -2.46. The van der Waals surface area contributed by atoms with Crippen LogP contribution >= 0.6 is 12.2 Å². The number of hydrogen-bond acceptors (Lipinski definition) is 6. The third kappa shape index (κ3) is 5.29. The summed E-state index contributed by atoms with van der Waals surface area (Å²) in [4.78, 5) is 6.85. The van der Waals surface area contributed by atoms with Crippen molar-refractivity contribution in [2.24, 2.45) is 0 Å². The average molecular weight is 479 g/mol. The number of ether oxygens (including phenoxy) is 2. The van der Waals surface area contributed by atoms with Gasteiger partial charge in [-0.2, -0.15) is 4.98 Å². The van der Waals surface area contributed by atoms with E-state index in [0.29, 0.717) is 23.4 Å². The molecule has 1 aromatic heterocycles. The number of thiocarbonyl (C=S) groups is 1. The lowest BCUT2D eigenvalue weighted by molar-refractivity contribution is 0.0749. The molecule has 4 rings (SSSR count). The van der Waals surface area contributed by atoms with E-state index >= 15 is 0 Å². The van der Waals surface area contributed by atoms with Crippen molar-refractivity contribution < 1.29 is 14.0 Å². The molecule has 0 bridgehead atoms. The van der Waals surface area contributed by atoms with Crippen LogP contribution in [-0.2, 0) is 4.74 Å². The molecule has 178 valence electrons. The van der Waals surface area contributed by atoms with Crippen LogP contribution in [0.1, 0.15) is 44.7 Å². The van der Waals surface area contributed by atoms with E-state index < -0.39 is 0 Å². The van der Waals surface area contributed by atoms with Crippen LogP contribution < -0.4 is 10.1 Å². The molecule has 1 aliphatic heterocycles. The fourth-order valence-electron chi connectivity index (χ4n) is 3.98. The fraction of sp³-hybridized carbons (Fsp3) is 0.346. The lowest BCUT2D eigenvalue weighted by atomic mass is 9.95. The highest BCUT2D eigenvalue weighted by Crippen LogP contribution is 2.37. The topological polar surface area (TPSA) is 72.7 Å². The van der Waals surface area contributed by atoms with Crippen molar-refractivity contribution in [3.8, 4) is 17.1 Å². The van der Waals surface area contributed by atoms with Crippen LogP contribution in [0.3, 0.4) is 0 Å². The summed E-state index contributed by atoms with van der Waals surface area (Å²) in [6.45, 7) is 7.53. The van der Waals surface area contributed by atoms with E-state index in [0.717, 1.165) is 41.1 Å². The first-order valence-electron chi connectivity index (χ1n) is 11.4. The lowest BCUT2D eigenvalue weighted by Gasteiger charge is -2.37. The molecular formula is C26H30N4O3S. The largest absolute Gasteiger partial charge is 0.497 e. The third-order valence-electron chi connectivity index (χ3n) is 5.69. The Morgan fingerprint density at radius 2 is 1.94 bits per heavy atom. The molecule has 7 nitrogen and oxygen atoms in total. The van der Waals surface area contributed by atoms with Crippen LogP contribution in [0.15, 0.2) is 64.8 Å². The fourth-order valence-corrected chi connectivity index (χ4v) is 4.32. The maximum absolute atomic E-state index is 5.80. The molecule has 3 aromatic rings. The molecule has 0 saturated carbocycles. The van der Waals surface area contributed by atoms with Crippen LogP contribution in [0, 0.1) is 0 Å². The third-order valence-corrected chi connectivity index (χ3v) is 6.03. The van der Waals surface area contributed by atoms with Crippen LogP contribution in [0.25, 0.3) is 17.0 Å². The smallest absolute Gasteiger partial charge is 0.258 e. The second-order valence-corrected chi connectivity index (χ2v) is 8.76. The summed E-state index contributed by atoms with van der Waals surface area (Å²) in [7, 11) is 1.64. The number of rotatable bonds is 9. The number of methoxy groups -OCH3 is 1. The van der Waals surface area contributed by atoms with E-state index in [2.05, 4.69) is 34.4 Å². The summed E-state index contributed by atoms with van der Waals surface area (Å²) in [5, 5.41) is 8.43. The minimum atomic E-state index is -0.199. The van der Waals surface area contributed by atoms with Crippen LogP contribution in [0.5, 0.6) is 5.75 Å². The van der Waals surface area contributed by atoms with E-state index in [4.69, 9.17) is 31.2 Å². The van der Waals surface area contributed by atoms with Gasteiger partial charge in [0.25, 0.3) is 5.89 Å². The molecule has 1 aliphatic rings. The van der Waals surface area contributed by atoms with Gasteiger partial charge in [-0.25, -0.2) is 0 Å². The average Bonchev–Trinajstić information content (AvgIpc) is 3.33. The Bertz CT molecular complexity index is 1160. The Labute approximate surface area is 205 Å². The summed E-state index contributed by atoms with van der Waals surface area (Å²) in [6.07, 6.45) is 1.05. The van der Waals surface area contributed by atoms with Gasteiger partial charge in [0.05, 0.1) is 24.8 Å². The van der Waals surface area contributed by atoms with Gasteiger partial charge in [-0.3, -0.25) is 0 Å². The molecule has 1 N–H and O–H groups in total. The standard InChI is InChI=1S/C26H30N4O3S/c1-17(2)32-15-9-14-30-18(3)22(23(27-26(30)34)19-10-6-5-7-11-19)25-28-24(29-33-25)20-12-8-13-21(16-20)31-4/h5-8,10-13,16-17,23H,9,14-15H2,1-4H3,(H,27,34). The van der Waals surface area contributed by atoms with Gasteiger partial charge in [-0.15, -0.1) is 0 Å². The quantitative estimate of drug-likeness (QED) is 0.331. The SMILES string of the molecule is COc1cccc(-c2noc(C3=C(C)N(CCCOC(C)C)C(=S)NC3c3ccccc3)n2)c1. The molecule has 34 heavy (non-hydrogen) atoms. The van der Waals surface area contributed by atoms with E-state index in [9.17, 15) is 0 Å². The normalized spacial score (nSPS) is 16.2. The predicted molar refractivity (Wildman–Crippen MR) is 136 cm³/mol. The maximum Gasteiger partial charge on any atom is 0.258 e. The van der Waals surface area contributed by atoms with Gasteiger partial charge in [-0.05, 0) is 57.1 Å². The van der Waals surface area contributed by atoms with Crippen molar-refractivity contribution in [2.45, 2.75) is 39.3 Å². The summed E-state index contributed by atoms with van der Waals surface area (Å²) in [5.41, 5.74) is 3.79. The van der Waals surface area contributed by atoms with Gasteiger partial charge < -0.3 is 24.2 Å². The molecular weight excluding hydrogens is 448 g/mol. The molecule has 8 heteroatoms. The van der Waals surface area contributed by atoms with Crippen molar-refractivity contribution in [1.29, 1.82) is 0 Å². The Morgan fingerprint density at radius 1 is 1.15 bits per heavy atom. The second kappa shape index (κ2) is 10.8. The summed E-state index contributed by atoms with van der Waals surface area (Å²) >= 11 is 5.75. The van der Waals surface area contributed by atoms with Crippen LogP contribution in [-0.4, -0.2) is 46.5 Å². The molecule has 0 fully saturated rings. The Balaban J connectivity index is 1.70. The zero-order valence-corrected chi connectivity index (χ0v) is 20.8. The number of benzene rings is 2. The highest BCUT2D eigenvalue weighted by molar-refractivity contribution is 7.80. The molecule has 0 radical (unpaired) electrons. The zero-order valence-electron chi connectivity index (χ0n) is 19.9. The van der Waals surface area contributed by atoms with Gasteiger partial charge in [0.1, 0.15) is 5.75 Å². The van der Waals surface area contributed by atoms with Gasteiger partial charge in [-0.1, -0.05) is 47.6 Å². The van der Waals surface area contributed by atoms with E-state index in [1.54, 1.807) is 7.11 Å². The van der Waals surface area contributed by atoms with Gasteiger partial charge in [0.2, 0.25) is 5.82 Å². The van der Waals surface area contributed by atoms with Crippen LogP contribution in [0.4, 0.5) is 0 Å². The number of nitrogens with one attached hydrogen (secondary N) is 1. The Morgan fingerprint density at radius 3 is 2.68 bits per heavy atom. The molecule has 0 amide bonds. The highest BCUT2D eigenvalue weighted by Gasteiger charge is 2.33. The molecule has 0 spiro atoms. The maximum atomic E-state index is 5.80. The monoisotopic (exact) mass is 478 g/mol. The first-order chi connectivity index (χ1) is 16.5. The van der Waals surface area contributed by atoms with Gasteiger partial charge >= 0.3 is 0 Å². The van der Waals surface area contributed by atoms with E-state index in [1.165, 1.54) is 0 Å². The molecule has 0 aliphatic carbocycles. The van der Waals surface area contributed by atoms with Crippen molar-refractivity contribution >= 4 is 22.9 Å². The zero-order chi connectivity index (χ0) is 24.1. The Kier molecular flexibility index (Phi) is 7.59. The number of hydrogen-bond donors (Lipinski definition) is 1. The summed E-state index contributed by atoms with van der Waals surface area (Å²) < 4.78 is 16.9. The number of aromatic nitrogens is 2. The van der Waals surface area contributed by atoms with E-state index in [-0.39, 0.29) is 12.1 Å². The van der Waals surface area contributed by atoms with Crippen LogP contribution in [0.2, 0.25) is 0 Å². The molecule has 0 saturated heterocycles. The Hall–Kier alpha value is -3.23. The minimum Gasteiger partial charge on any atom is -0.497 e. The van der Waals surface area contributed by atoms with Crippen molar-refractivity contribution in [2.75, 3.05) is 20.3 Å². The highest BCUT2D eigenvalue weighted by atomic mass is 32.1. The van der Waals surface area contributed by atoms with Gasteiger partial charge in [0, 0.05) is 24.4 Å². The summed E-state index contributed by atoms with van der Waals surface area (Å²) in [6, 6.07) is 17.6. The molecule has 2 aromatic carbocycles. The first kappa shape index (κ1) is 23.9. The molecule has 1 atom stereocenters. The number of nitrogens with zero attached hydrogens (tertiary/aromatic N) is 3. The van der Waals surface area contributed by atoms with Crippen molar-refractivity contribution in [1.82, 2.24) is 20.4 Å².